The fourth-order valence-electron chi connectivity index (χ4n) is 3.67. The zero-order valence-electron chi connectivity index (χ0n) is 17.6. The number of hydrogen-bond acceptors (Lipinski definition) is 5. The smallest absolute Gasteiger partial charge is 0.172 e. The van der Waals surface area contributed by atoms with Crippen LogP contribution in [-0.4, -0.2) is 52.4 Å². The predicted molar refractivity (Wildman–Crippen MR) is 127 cm³/mol. The van der Waals surface area contributed by atoms with Crippen molar-refractivity contribution in [1.29, 1.82) is 5.26 Å². The lowest BCUT2D eigenvalue weighted by atomic mass is 10.1. The molecule has 32 heavy (non-hydrogen) atoms. The average molecular weight is 473 g/mol. The van der Waals surface area contributed by atoms with Gasteiger partial charge in [-0.25, -0.2) is 14.1 Å². The first-order chi connectivity index (χ1) is 15.0. The van der Waals surface area contributed by atoms with E-state index in [1.54, 1.807) is 29.1 Å². The first-order valence-corrected chi connectivity index (χ1v) is 10.4. The van der Waals surface area contributed by atoms with Crippen molar-refractivity contribution >= 4 is 35.8 Å². The molecule has 0 bridgehead atoms. The zero-order chi connectivity index (χ0) is 21.8. The summed E-state index contributed by atoms with van der Waals surface area (Å²) in [6.45, 7) is 6.12. The van der Waals surface area contributed by atoms with E-state index < -0.39 is 0 Å². The Balaban J connectivity index is 0.00000289. The van der Waals surface area contributed by atoms with Crippen LogP contribution in [0.15, 0.2) is 48.8 Å². The fourth-order valence-corrected chi connectivity index (χ4v) is 3.87. The molecule has 0 atom stereocenters. The van der Waals surface area contributed by atoms with Gasteiger partial charge in [0.15, 0.2) is 5.82 Å². The van der Waals surface area contributed by atoms with Crippen LogP contribution in [0.3, 0.4) is 0 Å². The van der Waals surface area contributed by atoms with Crippen LogP contribution in [0.4, 0.5) is 10.1 Å². The Labute approximate surface area is 197 Å². The van der Waals surface area contributed by atoms with Gasteiger partial charge in [-0.15, -0.1) is 12.4 Å². The monoisotopic (exact) mass is 472 g/mol. The molecule has 3 aromatic rings. The molecule has 6 nitrogen and oxygen atoms in total. The summed E-state index contributed by atoms with van der Waals surface area (Å²) in [7, 11) is 0. The summed E-state index contributed by atoms with van der Waals surface area (Å²) in [6, 6.07) is 10.1. The number of nitrogens with zero attached hydrogens (tertiary/aromatic N) is 6. The Hall–Kier alpha value is -2.92. The number of nitriles is 1. The maximum Gasteiger partial charge on any atom is 0.172 e. The highest BCUT2D eigenvalue weighted by molar-refractivity contribution is 6.32. The fraction of sp³-hybridized carbons (Fsp3) is 0.261. The predicted octanol–water partition coefficient (Wildman–Crippen LogP) is 4.50. The highest BCUT2D eigenvalue weighted by Crippen LogP contribution is 2.21. The lowest BCUT2D eigenvalue weighted by molar-refractivity contribution is 0.284. The number of aromatic nitrogens is 3. The molecule has 4 rings (SSSR count). The quantitative estimate of drug-likeness (QED) is 0.546. The molecule has 1 fully saturated rings. The number of halogens is 3. The zero-order valence-corrected chi connectivity index (χ0v) is 19.2. The van der Waals surface area contributed by atoms with Crippen molar-refractivity contribution in [3.8, 4) is 11.9 Å². The van der Waals surface area contributed by atoms with Crippen LogP contribution >= 0.6 is 24.0 Å². The molecule has 166 valence electrons. The Kier molecular flexibility index (Phi) is 7.86. The largest absolute Gasteiger partial charge is 0.369 e. The minimum absolute atomic E-state index is 0. The Bertz CT molecular complexity index is 1150. The van der Waals surface area contributed by atoms with Crippen molar-refractivity contribution in [2.24, 2.45) is 0 Å². The molecule has 0 unspecified atom stereocenters. The summed E-state index contributed by atoms with van der Waals surface area (Å²) >= 11 is 6.24. The lowest BCUT2D eigenvalue weighted by Crippen LogP contribution is -2.46. The van der Waals surface area contributed by atoms with Crippen molar-refractivity contribution in [3.05, 3.63) is 76.5 Å². The molecule has 0 radical (unpaired) electrons. The third-order valence-corrected chi connectivity index (χ3v) is 5.69. The van der Waals surface area contributed by atoms with Crippen molar-refractivity contribution in [2.45, 2.75) is 6.92 Å². The highest BCUT2D eigenvalue weighted by Gasteiger charge is 2.17. The maximum absolute atomic E-state index is 13.7. The van der Waals surface area contributed by atoms with Crippen LogP contribution in [-0.2, 0) is 0 Å². The number of hydrogen-bond donors (Lipinski definition) is 0. The lowest BCUT2D eigenvalue weighted by Gasteiger charge is -2.35. The number of rotatable bonds is 5. The Morgan fingerprint density at radius 2 is 2.00 bits per heavy atom. The number of pyridine rings is 1. The van der Waals surface area contributed by atoms with Gasteiger partial charge in [-0.3, -0.25) is 4.90 Å². The molecular formula is C23H23Cl2FN6. The van der Waals surface area contributed by atoms with Gasteiger partial charge >= 0.3 is 0 Å². The molecule has 0 N–H and O–H groups in total. The molecule has 3 heterocycles. The highest BCUT2D eigenvalue weighted by atomic mass is 35.5. The molecule has 0 amide bonds. The van der Waals surface area contributed by atoms with Gasteiger partial charge in [0.25, 0.3) is 0 Å². The number of anilines is 1. The molecule has 0 saturated carbocycles. The molecule has 2 aromatic heterocycles. The second-order valence-corrected chi connectivity index (χ2v) is 7.81. The van der Waals surface area contributed by atoms with Gasteiger partial charge in [0, 0.05) is 50.2 Å². The van der Waals surface area contributed by atoms with E-state index in [1.807, 2.05) is 19.2 Å². The molecule has 1 aliphatic rings. The van der Waals surface area contributed by atoms with E-state index in [0.717, 1.165) is 49.7 Å². The maximum atomic E-state index is 13.7. The van der Waals surface area contributed by atoms with E-state index in [4.69, 9.17) is 16.9 Å². The normalized spacial score (nSPS) is 14.4. The van der Waals surface area contributed by atoms with Crippen molar-refractivity contribution in [1.82, 2.24) is 19.7 Å². The number of benzene rings is 1. The summed E-state index contributed by atoms with van der Waals surface area (Å²) < 4.78 is 15.5. The molecule has 0 aliphatic carbocycles. The van der Waals surface area contributed by atoms with E-state index in [-0.39, 0.29) is 18.2 Å². The first-order valence-electron chi connectivity index (χ1n) is 10.0. The summed E-state index contributed by atoms with van der Waals surface area (Å²) in [5.41, 5.74) is 3.11. The molecular weight excluding hydrogens is 450 g/mol. The van der Waals surface area contributed by atoms with Crippen LogP contribution in [0.1, 0.15) is 16.8 Å². The molecule has 0 spiro atoms. The van der Waals surface area contributed by atoms with Crippen molar-refractivity contribution < 1.29 is 4.39 Å². The molecule has 1 aliphatic heterocycles. The van der Waals surface area contributed by atoms with E-state index >= 15 is 0 Å². The third-order valence-electron chi connectivity index (χ3n) is 5.40. The molecule has 9 heteroatoms. The van der Waals surface area contributed by atoms with Crippen molar-refractivity contribution in [3.63, 3.8) is 0 Å². The standard InChI is InChI=1S/C23H22ClFN6.ClH/c1-17-19(16-28-31(17)23-22(24)5-2-6-27-23)4-3-7-29-8-10-30(11-9-29)21-13-18(15-26)12-20(25)14-21;/h2-6,12-14,16H,7-11H2,1H3;1H/b4-3+;. The third kappa shape index (κ3) is 5.28. The minimum Gasteiger partial charge on any atom is -0.369 e. The van der Waals surface area contributed by atoms with Gasteiger partial charge in [0.05, 0.1) is 28.5 Å². The summed E-state index contributed by atoms with van der Waals surface area (Å²) in [5, 5.41) is 14.0. The van der Waals surface area contributed by atoms with Gasteiger partial charge < -0.3 is 4.90 Å². The van der Waals surface area contributed by atoms with Crippen molar-refractivity contribution in [2.75, 3.05) is 37.6 Å². The minimum atomic E-state index is -0.373. The van der Waals surface area contributed by atoms with Crippen LogP contribution in [0.5, 0.6) is 0 Å². The topological polar surface area (TPSA) is 61.0 Å². The molecule has 1 saturated heterocycles. The van der Waals surface area contributed by atoms with E-state index in [9.17, 15) is 4.39 Å². The van der Waals surface area contributed by atoms with Crippen LogP contribution in [0.2, 0.25) is 5.02 Å². The van der Waals surface area contributed by atoms with Gasteiger partial charge in [-0.05, 0) is 37.3 Å². The van der Waals surface area contributed by atoms with E-state index in [1.165, 1.54) is 12.1 Å². The first kappa shape index (κ1) is 23.7. The Morgan fingerprint density at radius 3 is 2.72 bits per heavy atom. The van der Waals surface area contributed by atoms with Crippen LogP contribution in [0.25, 0.3) is 11.9 Å². The molecule has 1 aromatic carbocycles. The van der Waals surface area contributed by atoms with Crippen LogP contribution in [0, 0.1) is 24.1 Å². The average Bonchev–Trinajstić information content (AvgIpc) is 3.14. The van der Waals surface area contributed by atoms with Gasteiger partial charge in [0.2, 0.25) is 0 Å². The van der Waals surface area contributed by atoms with Crippen LogP contribution < -0.4 is 4.90 Å². The van der Waals surface area contributed by atoms with E-state index in [2.05, 4.69) is 32.0 Å². The summed E-state index contributed by atoms with van der Waals surface area (Å²) in [6.07, 6.45) is 7.70. The Morgan fingerprint density at radius 1 is 1.22 bits per heavy atom. The second-order valence-electron chi connectivity index (χ2n) is 7.41. The van der Waals surface area contributed by atoms with Gasteiger partial charge in [-0.2, -0.15) is 10.4 Å². The van der Waals surface area contributed by atoms with Gasteiger partial charge in [0.1, 0.15) is 5.82 Å². The summed E-state index contributed by atoms with van der Waals surface area (Å²) in [4.78, 5) is 8.78. The van der Waals surface area contributed by atoms with Gasteiger partial charge in [-0.1, -0.05) is 23.8 Å². The van der Waals surface area contributed by atoms with E-state index in [0.29, 0.717) is 16.4 Å². The number of piperazine rings is 1. The second kappa shape index (κ2) is 10.6. The SMILES string of the molecule is Cc1c(/C=C/CN2CCN(c3cc(F)cc(C#N)c3)CC2)cnn1-c1ncccc1Cl.Cl. The summed E-state index contributed by atoms with van der Waals surface area (Å²) in [5.74, 6) is 0.247.